The first-order valence-electron chi connectivity index (χ1n) is 10.4. The molecule has 0 radical (unpaired) electrons. The maximum Gasteiger partial charge on any atom is 0.264 e. The van der Waals surface area contributed by atoms with E-state index in [1.165, 1.54) is 0 Å². The van der Waals surface area contributed by atoms with Gasteiger partial charge >= 0.3 is 0 Å². The number of nitrogens with one attached hydrogen (secondary N) is 1. The molecule has 0 saturated heterocycles. The zero-order valence-electron chi connectivity index (χ0n) is 18.1. The summed E-state index contributed by atoms with van der Waals surface area (Å²) >= 11 is 1.58. The number of rotatable bonds is 6. The van der Waals surface area contributed by atoms with Gasteiger partial charge in [0.2, 0.25) is 0 Å². The van der Waals surface area contributed by atoms with Gasteiger partial charge in [0, 0.05) is 24.4 Å². The summed E-state index contributed by atoms with van der Waals surface area (Å²) in [5, 5.41) is 10.5. The van der Waals surface area contributed by atoms with Crippen molar-refractivity contribution in [1.82, 2.24) is 14.5 Å². The fourth-order valence-corrected chi connectivity index (χ4v) is 5.87. The van der Waals surface area contributed by atoms with Crippen LogP contribution in [0.25, 0.3) is 21.9 Å². The number of fused-ring (bicyclic) bond motifs is 2. The molecule has 0 spiro atoms. The van der Waals surface area contributed by atoms with Crippen LogP contribution in [0.5, 0.6) is 0 Å². The Bertz CT molecular complexity index is 1660. The second-order valence-corrected chi connectivity index (χ2v) is 10.3. The molecule has 0 fully saturated rings. The van der Waals surface area contributed by atoms with Gasteiger partial charge in [0.05, 0.1) is 33.9 Å². The highest BCUT2D eigenvalue weighted by molar-refractivity contribution is 7.98. The molecule has 7 nitrogen and oxygen atoms in total. The van der Waals surface area contributed by atoms with Crippen molar-refractivity contribution in [3.63, 3.8) is 0 Å². The van der Waals surface area contributed by atoms with E-state index in [9.17, 15) is 8.42 Å². The Morgan fingerprint density at radius 2 is 1.85 bits per heavy atom. The summed E-state index contributed by atoms with van der Waals surface area (Å²) in [6.07, 6.45) is 1.58. The minimum Gasteiger partial charge on any atom is -0.322 e. The molecule has 3 aromatic carbocycles. The number of imidazole rings is 1. The highest BCUT2D eigenvalue weighted by Gasteiger charge is 2.19. The average molecular weight is 486 g/mol. The lowest BCUT2D eigenvalue weighted by Crippen LogP contribution is -2.13. The van der Waals surface area contributed by atoms with Gasteiger partial charge in [-0.2, -0.15) is 5.26 Å². The molecule has 9 heteroatoms. The summed E-state index contributed by atoms with van der Waals surface area (Å²) in [5.41, 5.74) is 4.18. The van der Waals surface area contributed by atoms with Crippen LogP contribution >= 0.6 is 11.8 Å². The topological polar surface area (TPSA) is 101 Å². The van der Waals surface area contributed by atoms with Crippen LogP contribution in [0.2, 0.25) is 0 Å². The first-order chi connectivity index (χ1) is 16.4. The summed E-state index contributed by atoms with van der Waals surface area (Å²) in [5.74, 6) is 0.705. The fraction of sp³-hybridized carbons (Fsp3) is 0.0800. The summed E-state index contributed by atoms with van der Waals surface area (Å²) in [4.78, 5) is 9.09. The van der Waals surface area contributed by atoms with Crippen LogP contribution in [0.1, 0.15) is 11.1 Å². The molecule has 2 heterocycles. The molecule has 0 amide bonds. The molecular weight excluding hydrogens is 466 g/mol. The van der Waals surface area contributed by atoms with Crippen molar-refractivity contribution >= 4 is 49.4 Å². The number of nitrogens with zero attached hydrogens (tertiary/aromatic N) is 4. The van der Waals surface area contributed by atoms with Crippen LogP contribution < -0.4 is 4.72 Å². The van der Waals surface area contributed by atoms with E-state index in [-0.39, 0.29) is 4.90 Å². The number of para-hydroxylation sites is 1. The third-order valence-electron chi connectivity index (χ3n) is 5.43. The van der Waals surface area contributed by atoms with Crippen molar-refractivity contribution in [2.75, 3.05) is 4.72 Å². The molecule has 34 heavy (non-hydrogen) atoms. The van der Waals surface area contributed by atoms with Crippen molar-refractivity contribution in [1.29, 1.82) is 5.26 Å². The van der Waals surface area contributed by atoms with E-state index in [4.69, 9.17) is 10.2 Å². The van der Waals surface area contributed by atoms with Crippen molar-refractivity contribution in [2.24, 2.45) is 7.05 Å². The van der Waals surface area contributed by atoms with Gasteiger partial charge in [-0.25, -0.2) is 13.4 Å². The van der Waals surface area contributed by atoms with Gasteiger partial charge in [0.25, 0.3) is 10.0 Å². The minimum atomic E-state index is -3.84. The van der Waals surface area contributed by atoms with Crippen LogP contribution in [0.4, 0.5) is 5.69 Å². The number of benzene rings is 3. The monoisotopic (exact) mass is 485 g/mol. The Morgan fingerprint density at radius 3 is 2.65 bits per heavy atom. The molecule has 0 atom stereocenters. The van der Waals surface area contributed by atoms with Gasteiger partial charge in [-0.3, -0.25) is 9.71 Å². The number of hydrogen-bond donors (Lipinski definition) is 1. The van der Waals surface area contributed by atoms with Gasteiger partial charge < -0.3 is 4.57 Å². The molecule has 168 valence electrons. The molecule has 0 aliphatic heterocycles. The highest BCUT2D eigenvalue weighted by Crippen LogP contribution is 2.29. The van der Waals surface area contributed by atoms with Crippen LogP contribution in [-0.4, -0.2) is 23.0 Å². The van der Waals surface area contributed by atoms with Crippen molar-refractivity contribution in [2.45, 2.75) is 15.8 Å². The van der Waals surface area contributed by atoms with Gasteiger partial charge in [0.15, 0.2) is 5.16 Å². The lowest BCUT2D eigenvalue weighted by atomic mass is 10.2. The fourth-order valence-electron chi connectivity index (χ4n) is 3.70. The average Bonchev–Trinajstić information content (AvgIpc) is 3.17. The molecule has 5 rings (SSSR count). The smallest absolute Gasteiger partial charge is 0.264 e. The number of aromatic nitrogens is 3. The third kappa shape index (κ3) is 4.21. The predicted octanol–water partition coefficient (Wildman–Crippen LogP) is 5.09. The van der Waals surface area contributed by atoms with Crippen molar-refractivity contribution in [3.8, 4) is 6.07 Å². The van der Waals surface area contributed by atoms with Crippen LogP contribution in [0.3, 0.4) is 0 Å². The third-order valence-corrected chi connectivity index (χ3v) is 7.94. The number of anilines is 1. The van der Waals surface area contributed by atoms with Crippen LogP contribution in [0.15, 0.2) is 89.0 Å². The Morgan fingerprint density at radius 1 is 1.06 bits per heavy atom. The summed E-state index contributed by atoms with van der Waals surface area (Å²) in [6.45, 7) is 0. The second kappa shape index (κ2) is 8.82. The maximum absolute atomic E-state index is 13.1. The Kier molecular flexibility index (Phi) is 5.69. The maximum atomic E-state index is 13.1. The van der Waals surface area contributed by atoms with E-state index in [1.807, 2.05) is 41.9 Å². The van der Waals surface area contributed by atoms with E-state index >= 15 is 0 Å². The first-order valence-corrected chi connectivity index (χ1v) is 12.9. The van der Waals surface area contributed by atoms with E-state index in [0.717, 1.165) is 21.6 Å². The Hall–Kier alpha value is -3.87. The molecule has 0 aliphatic carbocycles. The molecular formula is C25H19N5O2S2. The summed E-state index contributed by atoms with van der Waals surface area (Å²) in [6, 6.07) is 23.6. The van der Waals surface area contributed by atoms with E-state index < -0.39 is 10.0 Å². The summed E-state index contributed by atoms with van der Waals surface area (Å²) in [7, 11) is -1.91. The molecule has 0 aliphatic rings. The second-order valence-electron chi connectivity index (χ2n) is 7.69. The zero-order chi connectivity index (χ0) is 23.7. The molecule has 5 aromatic rings. The van der Waals surface area contributed by atoms with Gasteiger partial charge in [0.1, 0.15) is 4.90 Å². The SMILES string of the molecule is Cn1c(SCc2ccc(C#N)cc2)nc2cc(NS(=O)(=O)c3cccc4cccnc34)ccc21. The van der Waals surface area contributed by atoms with E-state index in [2.05, 4.69) is 15.8 Å². The first kappa shape index (κ1) is 21.9. The number of thioether (sulfide) groups is 1. The quantitative estimate of drug-likeness (QED) is 0.336. The molecule has 0 bridgehead atoms. The van der Waals surface area contributed by atoms with E-state index in [0.29, 0.717) is 28.0 Å². The normalized spacial score (nSPS) is 11.5. The van der Waals surface area contributed by atoms with Gasteiger partial charge in [-0.1, -0.05) is 42.1 Å². The Labute approximate surface area is 201 Å². The molecule has 0 saturated carbocycles. The van der Waals surface area contributed by atoms with Crippen molar-refractivity contribution < 1.29 is 8.42 Å². The minimum absolute atomic E-state index is 0.130. The standard InChI is InChI=1S/C25H19N5O2S2/c1-30-22-12-11-20(29-34(31,32)23-6-2-4-19-5-3-13-27-24(19)23)14-21(22)28-25(30)33-16-18-9-7-17(15-26)8-10-18/h2-14,29H,16H2,1H3. The van der Waals surface area contributed by atoms with Crippen molar-refractivity contribution in [3.05, 3.63) is 90.1 Å². The lowest BCUT2D eigenvalue weighted by Gasteiger charge is -2.10. The van der Waals surface area contributed by atoms with Gasteiger partial charge in [-0.15, -0.1) is 0 Å². The van der Waals surface area contributed by atoms with E-state index in [1.54, 1.807) is 60.4 Å². The predicted molar refractivity (Wildman–Crippen MR) is 134 cm³/mol. The zero-order valence-corrected chi connectivity index (χ0v) is 19.8. The summed E-state index contributed by atoms with van der Waals surface area (Å²) < 4.78 is 30.9. The van der Waals surface area contributed by atoms with Crippen LogP contribution in [0, 0.1) is 11.3 Å². The molecule has 2 aromatic heterocycles. The lowest BCUT2D eigenvalue weighted by molar-refractivity contribution is 0.602. The van der Waals surface area contributed by atoms with Gasteiger partial charge in [-0.05, 0) is 48.0 Å². The molecule has 0 unspecified atom stereocenters. The number of sulfonamides is 1. The highest BCUT2D eigenvalue weighted by atomic mass is 32.2. The van der Waals surface area contributed by atoms with Crippen LogP contribution in [-0.2, 0) is 22.8 Å². The number of pyridine rings is 1. The molecule has 1 N–H and O–H groups in total. The Balaban J connectivity index is 1.40. The number of aryl methyl sites for hydroxylation is 1. The number of nitriles is 1. The largest absolute Gasteiger partial charge is 0.322 e. The number of hydrogen-bond acceptors (Lipinski definition) is 6.